The summed E-state index contributed by atoms with van der Waals surface area (Å²) in [5, 5.41) is 7.70. The van der Waals surface area contributed by atoms with E-state index < -0.39 is 6.88 Å². The first-order chi connectivity index (χ1) is 17.2. The zero-order valence-electron chi connectivity index (χ0n) is 22.8. The third kappa shape index (κ3) is 5.58. The molecular weight excluding hydrogens is 426 g/mol. The van der Waals surface area contributed by atoms with Gasteiger partial charge in [-0.1, -0.05) is 19.4 Å². The SMILES string of the molecule is [2H]C([2H])C(CCC)Nc1nc(N)c2ncc(Cc3cnc(N4CCC(CN(C)C)CC4)c(C)c3)n2n1. The zero-order valence-corrected chi connectivity index (χ0v) is 20.8. The van der Waals surface area contributed by atoms with Crippen LogP contribution in [-0.2, 0) is 6.42 Å². The number of nitrogens with one attached hydrogen (secondary N) is 1. The molecule has 0 aromatic carbocycles. The van der Waals surface area contributed by atoms with E-state index in [2.05, 4.69) is 57.3 Å². The third-order valence-corrected chi connectivity index (χ3v) is 6.40. The lowest BCUT2D eigenvalue weighted by Gasteiger charge is -2.34. The Hall–Kier alpha value is -2.94. The lowest BCUT2D eigenvalue weighted by Crippen LogP contribution is -2.37. The molecule has 4 heterocycles. The number of nitrogens with two attached hydrogens (primary N) is 1. The smallest absolute Gasteiger partial charge is 0.243 e. The van der Waals surface area contributed by atoms with Gasteiger partial charge >= 0.3 is 0 Å². The highest BCUT2D eigenvalue weighted by atomic mass is 15.3. The predicted octanol–water partition coefficient (Wildman–Crippen LogP) is 3.38. The standard InChI is InChI=1S/C25H39N9/c1-6-7-18(3)29-25-30-22(26)24-28-15-21(34(24)31-25)13-20-12-17(2)23(27-14-20)33-10-8-19(9-11-33)16-32(4)5/h12,14-15,18-19H,6-11,13,16H2,1-5H3,(H3,26,29,30,31)/i3D2. The first-order valence-corrected chi connectivity index (χ1v) is 12.2. The maximum absolute atomic E-state index is 7.80. The van der Waals surface area contributed by atoms with Gasteiger partial charge in [0, 0.05) is 41.0 Å². The molecule has 3 aromatic rings. The highest BCUT2D eigenvalue weighted by Gasteiger charge is 2.22. The molecule has 9 heteroatoms. The molecule has 0 radical (unpaired) electrons. The Morgan fingerprint density at radius 2 is 2.06 bits per heavy atom. The first-order valence-electron chi connectivity index (χ1n) is 13.4. The van der Waals surface area contributed by atoms with Gasteiger partial charge in [-0.2, -0.15) is 4.98 Å². The van der Waals surface area contributed by atoms with Gasteiger partial charge in [-0.25, -0.2) is 14.5 Å². The van der Waals surface area contributed by atoms with Gasteiger partial charge in [-0.3, -0.25) is 0 Å². The molecule has 0 spiro atoms. The fourth-order valence-corrected chi connectivity index (χ4v) is 4.79. The molecule has 9 nitrogen and oxygen atoms in total. The highest BCUT2D eigenvalue weighted by molar-refractivity contribution is 5.61. The summed E-state index contributed by atoms with van der Waals surface area (Å²) in [5.74, 6) is 2.40. The molecule has 0 saturated carbocycles. The molecule has 3 aromatic heterocycles. The number of hydrogen-bond donors (Lipinski definition) is 2. The molecule has 34 heavy (non-hydrogen) atoms. The van der Waals surface area contributed by atoms with Crippen LogP contribution in [0.5, 0.6) is 0 Å². The number of imidazole rings is 1. The molecule has 1 atom stereocenters. The van der Waals surface area contributed by atoms with Crippen LogP contribution in [0.3, 0.4) is 0 Å². The number of hydrogen-bond acceptors (Lipinski definition) is 8. The van der Waals surface area contributed by atoms with Crippen molar-refractivity contribution in [3.8, 4) is 0 Å². The zero-order chi connectivity index (χ0) is 25.8. The van der Waals surface area contributed by atoms with Crippen molar-refractivity contribution in [3.05, 3.63) is 35.3 Å². The number of aromatic nitrogens is 5. The van der Waals surface area contributed by atoms with Crippen molar-refractivity contribution in [1.82, 2.24) is 29.5 Å². The summed E-state index contributed by atoms with van der Waals surface area (Å²) in [6.07, 6.45) is 8.25. The number of nitrogens with zero attached hydrogens (tertiary/aromatic N) is 7. The average Bonchev–Trinajstić information content (AvgIpc) is 3.22. The number of nitrogen functional groups attached to an aromatic ring is 1. The van der Waals surface area contributed by atoms with Gasteiger partial charge in [-0.15, -0.1) is 5.10 Å². The Morgan fingerprint density at radius 1 is 1.26 bits per heavy atom. The topological polar surface area (TPSA) is 100 Å². The summed E-state index contributed by atoms with van der Waals surface area (Å²) in [5.41, 5.74) is 9.78. The molecular formula is C25H39N9. The van der Waals surface area contributed by atoms with Crippen molar-refractivity contribution < 1.29 is 2.74 Å². The normalized spacial score (nSPS) is 16.8. The van der Waals surface area contributed by atoms with E-state index in [-0.39, 0.29) is 11.9 Å². The minimum Gasteiger partial charge on any atom is -0.380 e. The van der Waals surface area contributed by atoms with Crippen molar-refractivity contribution in [2.24, 2.45) is 5.92 Å². The van der Waals surface area contributed by atoms with E-state index in [1.807, 2.05) is 13.1 Å². The molecule has 3 N–H and O–H groups in total. The second-order valence-corrected chi connectivity index (χ2v) is 9.70. The monoisotopic (exact) mass is 467 g/mol. The van der Waals surface area contributed by atoms with Gasteiger partial charge in [-0.05, 0) is 64.2 Å². The Balaban J connectivity index is 1.49. The lowest BCUT2D eigenvalue weighted by molar-refractivity contribution is 0.284. The Morgan fingerprint density at radius 3 is 2.74 bits per heavy atom. The van der Waals surface area contributed by atoms with E-state index in [1.165, 1.54) is 18.4 Å². The van der Waals surface area contributed by atoms with E-state index in [4.69, 9.17) is 13.5 Å². The number of rotatable bonds is 9. The Bertz CT molecular complexity index is 1160. The Labute approximate surface area is 205 Å². The van der Waals surface area contributed by atoms with Crippen LogP contribution in [0.1, 0.15) is 59.0 Å². The summed E-state index contributed by atoms with van der Waals surface area (Å²) >= 11 is 0. The van der Waals surface area contributed by atoms with Crippen LogP contribution < -0.4 is 16.0 Å². The first kappa shape index (κ1) is 21.6. The fraction of sp³-hybridized carbons (Fsp3) is 0.600. The molecule has 0 aliphatic carbocycles. The summed E-state index contributed by atoms with van der Waals surface area (Å²) in [4.78, 5) is 18.3. The van der Waals surface area contributed by atoms with Crippen molar-refractivity contribution >= 4 is 23.2 Å². The van der Waals surface area contributed by atoms with E-state index in [0.29, 0.717) is 24.4 Å². The van der Waals surface area contributed by atoms with E-state index in [1.54, 1.807) is 10.7 Å². The van der Waals surface area contributed by atoms with E-state index in [9.17, 15) is 0 Å². The largest absolute Gasteiger partial charge is 0.380 e. The second kappa shape index (κ2) is 10.5. The van der Waals surface area contributed by atoms with Crippen LogP contribution in [0.2, 0.25) is 0 Å². The molecule has 1 aliphatic heterocycles. The van der Waals surface area contributed by atoms with Crippen LogP contribution in [-0.4, -0.2) is 69.2 Å². The van der Waals surface area contributed by atoms with Crippen LogP contribution in [0.4, 0.5) is 17.6 Å². The molecule has 0 amide bonds. The minimum atomic E-state index is -1.03. The summed E-state index contributed by atoms with van der Waals surface area (Å²) in [6.45, 7) is 6.36. The van der Waals surface area contributed by atoms with Crippen molar-refractivity contribution in [2.75, 3.05) is 49.7 Å². The van der Waals surface area contributed by atoms with E-state index in [0.717, 1.165) is 49.0 Å². The van der Waals surface area contributed by atoms with Gasteiger partial charge in [0.15, 0.2) is 11.5 Å². The van der Waals surface area contributed by atoms with Gasteiger partial charge in [0.05, 0.1) is 11.9 Å². The number of anilines is 3. The molecule has 184 valence electrons. The number of pyridine rings is 1. The van der Waals surface area contributed by atoms with Gasteiger partial charge in [0.1, 0.15) is 5.82 Å². The molecule has 1 saturated heterocycles. The highest BCUT2D eigenvalue weighted by Crippen LogP contribution is 2.26. The van der Waals surface area contributed by atoms with Crippen LogP contribution in [0, 0.1) is 12.8 Å². The molecule has 1 unspecified atom stereocenters. The Kier molecular flexibility index (Phi) is 6.70. The van der Waals surface area contributed by atoms with Crippen molar-refractivity contribution in [3.63, 3.8) is 0 Å². The lowest BCUT2D eigenvalue weighted by atomic mass is 9.96. The minimum absolute atomic E-state index is 0.267. The second-order valence-electron chi connectivity index (χ2n) is 9.70. The summed E-state index contributed by atoms with van der Waals surface area (Å²) < 4.78 is 17.3. The maximum atomic E-state index is 7.80. The molecule has 1 aliphatic rings. The predicted molar refractivity (Wildman–Crippen MR) is 138 cm³/mol. The third-order valence-electron chi connectivity index (χ3n) is 6.40. The van der Waals surface area contributed by atoms with Crippen LogP contribution in [0.25, 0.3) is 5.65 Å². The molecule has 4 rings (SSSR count). The van der Waals surface area contributed by atoms with Crippen molar-refractivity contribution in [1.29, 1.82) is 0 Å². The van der Waals surface area contributed by atoms with Gasteiger partial charge < -0.3 is 20.9 Å². The van der Waals surface area contributed by atoms with Gasteiger partial charge in [0.2, 0.25) is 5.95 Å². The number of fused-ring (bicyclic) bond motifs is 1. The maximum Gasteiger partial charge on any atom is 0.243 e. The number of piperidine rings is 1. The average molecular weight is 468 g/mol. The van der Waals surface area contributed by atoms with E-state index >= 15 is 0 Å². The summed E-state index contributed by atoms with van der Waals surface area (Å²) in [7, 11) is 4.29. The molecule has 0 bridgehead atoms. The number of aryl methyl sites for hydroxylation is 1. The summed E-state index contributed by atoms with van der Waals surface area (Å²) in [6, 6.07) is 1.82. The fourth-order valence-electron chi connectivity index (χ4n) is 4.79. The quantitative estimate of drug-likeness (QED) is 0.494. The van der Waals surface area contributed by atoms with Crippen LogP contribution >= 0.6 is 0 Å². The van der Waals surface area contributed by atoms with Crippen molar-refractivity contribution in [2.45, 2.75) is 58.9 Å². The molecule has 1 fully saturated rings. The van der Waals surface area contributed by atoms with Crippen LogP contribution in [0.15, 0.2) is 18.5 Å². The van der Waals surface area contributed by atoms with Gasteiger partial charge in [0.25, 0.3) is 0 Å².